The molecule has 0 aromatic heterocycles. The Hall–Kier alpha value is -2.82. The second kappa shape index (κ2) is 9.09. The first-order valence-corrected chi connectivity index (χ1v) is 12.5. The van der Waals surface area contributed by atoms with Crippen molar-refractivity contribution in [3.8, 4) is 0 Å². The monoisotopic (exact) mass is 455 g/mol. The lowest BCUT2D eigenvalue weighted by atomic mass is 9.87. The number of carbonyl (C=O) groups excluding carboxylic acids is 1. The minimum atomic E-state index is -0.301. The highest BCUT2D eigenvalue weighted by atomic mass is 19.1. The average Bonchev–Trinajstić information content (AvgIpc) is 3.23. The zero-order valence-corrected chi connectivity index (χ0v) is 19.3. The van der Waals surface area contributed by atoms with Crippen LogP contribution >= 0.6 is 0 Å². The van der Waals surface area contributed by atoms with Gasteiger partial charge in [-0.05, 0) is 85.3 Å². The van der Waals surface area contributed by atoms with E-state index in [2.05, 4.69) is 53.4 Å². The molecule has 0 radical (unpaired) electrons. The van der Waals surface area contributed by atoms with Crippen LogP contribution in [0, 0.1) is 11.7 Å². The minimum absolute atomic E-state index is 0.0241. The standard InChI is InChI=1S/C30H30FNO2/c31-24-11-9-20(10-12-24)29(33)21-13-15-32(16-14-21)19-25-18-28-26-7-3-1-5-22(26)17-23-6-2-4-8-27(23)30(28)34-25/h1-12,21,25,28,30H,13-19H2. The van der Waals surface area contributed by atoms with Crippen LogP contribution in [0.15, 0.2) is 72.8 Å². The zero-order valence-electron chi connectivity index (χ0n) is 19.3. The summed E-state index contributed by atoms with van der Waals surface area (Å²) in [5.74, 6) is 0.259. The number of hydrogen-bond donors (Lipinski definition) is 0. The van der Waals surface area contributed by atoms with Gasteiger partial charge in [0.2, 0.25) is 0 Å². The molecule has 4 heteroatoms. The van der Waals surface area contributed by atoms with Crippen LogP contribution in [0.4, 0.5) is 4.39 Å². The number of rotatable bonds is 4. The largest absolute Gasteiger partial charge is 0.368 e. The summed E-state index contributed by atoms with van der Waals surface area (Å²) in [6.45, 7) is 2.72. The third-order valence-corrected chi connectivity index (χ3v) is 7.97. The van der Waals surface area contributed by atoms with Gasteiger partial charge in [0.15, 0.2) is 5.78 Å². The number of fused-ring (bicyclic) bond motifs is 5. The molecule has 3 nitrogen and oxygen atoms in total. The van der Waals surface area contributed by atoms with Crippen molar-refractivity contribution in [2.75, 3.05) is 19.6 Å². The van der Waals surface area contributed by atoms with Crippen LogP contribution in [-0.2, 0) is 11.2 Å². The number of Topliss-reactive ketones (excluding diaryl/α,β-unsaturated/α-hetero) is 1. The third-order valence-electron chi connectivity index (χ3n) is 7.97. The molecule has 2 saturated heterocycles. The lowest BCUT2D eigenvalue weighted by Gasteiger charge is -2.33. The summed E-state index contributed by atoms with van der Waals surface area (Å²) in [7, 11) is 0. The van der Waals surface area contributed by atoms with Crippen molar-refractivity contribution in [3.63, 3.8) is 0 Å². The van der Waals surface area contributed by atoms with Gasteiger partial charge in [-0.1, -0.05) is 48.5 Å². The Bertz CT molecular complexity index is 1130. The fourth-order valence-electron chi connectivity index (χ4n) is 6.21. The van der Waals surface area contributed by atoms with Crippen LogP contribution in [0.5, 0.6) is 0 Å². The molecular formula is C30H30FNO2. The number of piperidine rings is 1. The molecule has 3 unspecified atom stereocenters. The Morgan fingerprint density at radius 2 is 1.53 bits per heavy atom. The fourth-order valence-corrected chi connectivity index (χ4v) is 6.21. The quantitative estimate of drug-likeness (QED) is 0.456. The lowest BCUT2D eigenvalue weighted by molar-refractivity contribution is 0.0132. The van der Waals surface area contributed by atoms with E-state index in [4.69, 9.17) is 4.74 Å². The van der Waals surface area contributed by atoms with E-state index in [0.29, 0.717) is 11.5 Å². The van der Waals surface area contributed by atoms with E-state index in [1.807, 2.05) is 0 Å². The predicted molar refractivity (Wildman–Crippen MR) is 131 cm³/mol. The highest BCUT2D eigenvalue weighted by Crippen LogP contribution is 2.49. The molecule has 3 aromatic carbocycles. The van der Waals surface area contributed by atoms with Crippen LogP contribution in [0.1, 0.15) is 63.9 Å². The normalized spacial score (nSPS) is 24.7. The first kappa shape index (κ1) is 21.7. The first-order valence-electron chi connectivity index (χ1n) is 12.5. The number of carbonyl (C=O) groups is 1. The Morgan fingerprint density at radius 1 is 0.882 bits per heavy atom. The van der Waals surface area contributed by atoms with Crippen molar-refractivity contribution >= 4 is 5.78 Å². The maximum atomic E-state index is 13.2. The van der Waals surface area contributed by atoms with Crippen LogP contribution in [0.2, 0.25) is 0 Å². The van der Waals surface area contributed by atoms with E-state index in [9.17, 15) is 9.18 Å². The minimum Gasteiger partial charge on any atom is -0.368 e. The summed E-state index contributed by atoms with van der Waals surface area (Å²) in [5, 5.41) is 0. The van der Waals surface area contributed by atoms with Crippen LogP contribution in [0.25, 0.3) is 0 Å². The topological polar surface area (TPSA) is 29.5 Å². The molecule has 174 valence electrons. The summed E-state index contributed by atoms with van der Waals surface area (Å²) in [6, 6.07) is 23.6. The fraction of sp³-hybridized carbons (Fsp3) is 0.367. The average molecular weight is 456 g/mol. The maximum Gasteiger partial charge on any atom is 0.166 e. The number of halogens is 1. The van der Waals surface area contributed by atoms with Gasteiger partial charge in [-0.2, -0.15) is 0 Å². The van der Waals surface area contributed by atoms with Crippen molar-refractivity contribution in [1.82, 2.24) is 4.90 Å². The predicted octanol–water partition coefficient (Wildman–Crippen LogP) is 5.94. The molecule has 1 aliphatic carbocycles. The third kappa shape index (κ3) is 4.10. The number of hydrogen-bond acceptors (Lipinski definition) is 3. The second-order valence-corrected chi connectivity index (χ2v) is 10.0. The molecule has 2 heterocycles. The van der Waals surface area contributed by atoms with Gasteiger partial charge in [0.05, 0.1) is 12.2 Å². The Kier molecular flexibility index (Phi) is 5.80. The van der Waals surface area contributed by atoms with E-state index < -0.39 is 0 Å². The van der Waals surface area contributed by atoms with E-state index in [0.717, 1.165) is 45.3 Å². The van der Waals surface area contributed by atoms with Gasteiger partial charge in [0.25, 0.3) is 0 Å². The smallest absolute Gasteiger partial charge is 0.166 e. The second-order valence-electron chi connectivity index (χ2n) is 10.0. The van der Waals surface area contributed by atoms with E-state index in [1.54, 1.807) is 12.1 Å². The maximum absolute atomic E-state index is 13.2. The van der Waals surface area contributed by atoms with Crippen molar-refractivity contribution in [2.24, 2.45) is 5.92 Å². The summed E-state index contributed by atoms with van der Waals surface area (Å²) in [4.78, 5) is 15.3. The van der Waals surface area contributed by atoms with Crippen LogP contribution < -0.4 is 0 Å². The van der Waals surface area contributed by atoms with Gasteiger partial charge in [0, 0.05) is 23.9 Å². The molecule has 0 saturated carbocycles. The molecule has 3 aromatic rings. The van der Waals surface area contributed by atoms with Crippen LogP contribution in [0.3, 0.4) is 0 Å². The van der Waals surface area contributed by atoms with Crippen molar-refractivity contribution in [2.45, 2.75) is 43.8 Å². The highest BCUT2D eigenvalue weighted by molar-refractivity contribution is 5.97. The van der Waals surface area contributed by atoms with Gasteiger partial charge in [-0.15, -0.1) is 0 Å². The highest BCUT2D eigenvalue weighted by Gasteiger charge is 2.41. The molecule has 2 aliphatic heterocycles. The molecule has 3 atom stereocenters. The molecule has 0 spiro atoms. The molecule has 0 N–H and O–H groups in total. The van der Waals surface area contributed by atoms with E-state index in [1.165, 1.54) is 34.4 Å². The Balaban J connectivity index is 1.13. The molecule has 0 bridgehead atoms. The molecule has 6 rings (SSSR count). The first-order chi connectivity index (χ1) is 16.7. The summed E-state index contributed by atoms with van der Waals surface area (Å²) < 4.78 is 19.9. The van der Waals surface area contributed by atoms with Gasteiger partial charge >= 0.3 is 0 Å². The Labute approximate surface area is 200 Å². The van der Waals surface area contributed by atoms with E-state index >= 15 is 0 Å². The van der Waals surface area contributed by atoms with Crippen molar-refractivity contribution < 1.29 is 13.9 Å². The molecular weight excluding hydrogens is 425 g/mol. The van der Waals surface area contributed by atoms with Gasteiger partial charge < -0.3 is 9.64 Å². The van der Waals surface area contributed by atoms with Crippen molar-refractivity contribution in [3.05, 3.63) is 106 Å². The number of ether oxygens (including phenoxy) is 1. The molecule has 3 aliphatic rings. The summed E-state index contributed by atoms with van der Waals surface area (Å²) in [6.07, 6.45) is 4.01. The number of nitrogens with zero attached hydrogens (tertiary/aromatic N) is 1. The van der Waals surface area contributed by atoms with Gasteiger partial charge in [0.1, 0.15) is 5.82 Å². The Morgan fingerprint density at radius 3 is 2.26 bits per heavy atom. The molecule has 0 amide bonds. The van der Waals surface area contributed by atoms with Crippen LogP contribution in [-0.4, -0.2) is 36.4 Å². The zero-order chi connectivity index (χ0) is 23.1. The molecule has 2 fully saturated rings. The van der Waals surface area contributed by atoms with E-state index in [-0.39, 0.29) is 29.7 Å². The SMILES string of the molecule is O=C(c1ccc(F)cc1)C1CCN(CC2CC3c4ccccc4Cc4ccccc4C3O2)CC1. The number of likely N-dealkylation sites (tertiary alicyclic amines) is 1. The van der Waals surface area contributed by atoms with Gasteiger partial charge in [-0.25, -0.2) is 4.39 Å². The summed E-state index contributed by atoms with van der Waals surface area (Å²) in [5.41, 5.74) is 6.20. The summed E-state index contributed by atoms with van der Waals surface area (Å²) >= 11 is 0. The number of benzene rings is 3. The molecule has 34 heavy (non-hydrogen) atoms. The lowest BCUT2D eigenvalue weighted by Crippen LogP contribution is -2.40. The van der Waals surface area contributed by atoms with Crippen molar-refractivity contribution in [1.29, 1.82) is 0 Å². The number of ketones is 1. The van der Waals surface area contributed by atoms with Gasteiger partial charge in [-0.3, -0.25) is 4.79 Å².